The van der Waals surface area contributed by atoms with Gasteiger partial charge in [-0.15, -0.1) is 11.3 Å². The molecule has 2 rings (SSSR count). The molecular weight excluding hydrogens is 234 g/mol. The van der Waals surface area contributed by atoms with E-state index in [1.54, 1.807) is 0 Å². The van der Waals surface area contributed by atoms with Crippen LogP contribution in [0.3, 0.4) is 0 Å². The van der Waals surface area contributed by atoms with Gasteiger partial charge in [0.15, 0.2) is 0 Å². The number of hydrogen-bond acceptors (Lipinski definition) is 4. The summed E-state index contributed by atoms with van der Waals surface area (Å²) in [5.41, 5.74) is 0.754. The van der Waals surface area contributed by atoms with Gasteiger partial charge in [-0.3, -0.25) is 4.79 Å². The quantitative estimate of drug-likeness (QED) is 0.855. The van der Waals surface area contributed by atoms with Crippen molar-refractivity contribution in [1.82, 2.24) is 15.3 Å². The molecule has 1 atom stereocenters. The second-order valence-electron chi connectivity index (χ2n) is 4.29. The van der Waals surface area contributed by atoms with Gasteiger partial charge in [-0.25, -0.2) is 4.98 Å². The summed E-state index contributed by atoms with van der Waals surface area (Å²) in [5.74, 6) is 1.36. The van der Waals surface area contributed by atoms with E-state index in [9.17, 15) is 4.79 Å². The Labute approximate surface area is 104 Å². The Kier molecular flexibility index (Phi) is 3.91. The molecule has 0 aromatic carbocycles. The second-order valence-corrected chi connectivity index (χ2v) is 5.21. The van der Waals surface area contributed by atoms with E-state index in [1.165, 1.54) is 11.3 Å². The Morgan fingerprint density at radius 2 is 2.41 bits per heavy atom. The van der Waals surface area contributed by atoms with Crippen molar-refractivity contribution >= 4 is 21.6 Å². The molecule has 0 radical (unpaired) electrons. The predicted molar refractivity (Wildman–Crippen MR) is 71.4 cm³/mol. The van der Waals surface area contributed by atoms with Crippen LogP contribution in [0.1, 0.15) is 26.1 Å². The molecule has 2 aromatic rings. The zero-order valence-electron chi connectivity index (χ0n) is 10.1. The number of fused-ring (bicyclic) bond motifs is 1. The van der Waals surface area contributed by atoms with Crippen LogP contribution in [0, 0.1) is 5.92 Å². The van der Waals surface area contributed by atoms with Crippen molar-refractivity contribution in [3.05, 3.63) is 27.6 Å². The molecule has 2 aromatic heterocycles. The lowest BCUT2D eigenvalue weighted by atomic mass is 10.1. The highest BCUT2D eigenvalue weighted by molar-refractivity contribution is 7.17. The van der Waals surface area contributed by atoms with Crippen LogP contribution in [0.15, 0.2) is 16.2 Å². The maximum atomic E-state index is 11.7. The van der Waals surface area contributed by atoms with Gasteiger partial charge in [0, 0.05) is 0 Å². The van der Waals surface area contributed by atoms with Gasteiger partial charge >= 0.3 is 0 Å². The minimum atomic E-state index is -0.0367. The largest absolute Gasteiger partial charge is 0.310 e. The third kappa shape index (κ3) is 2.92. The molecule has 0 bridgehead atoms. The smallest absolute Gasteiger partial charge is 0.268 e. The van der Waals surface area contributed by atoms with Crippen LogP contribution in [-0.2, 0) is 6.54 Å². The van der Waals surface area contributed by atoms with E-state index < -0.39 is 0 Å². The van der Waals surface area contributed by atoms with Gasteiger partial charge in [0.1, 0.15) is 10.5 Å². The lowest BCUT2D eigenvalue weighted by Crippen LogP contribution is -2.23. The van der Waals surface area contributed by atoms with Crippen LogP contribution in [0.25, 0.3) is 10.2 Å². The molecule has 0 saturated carbocycles. The van der Waals surface area contributed by atoms with E-state index in [-0.39, 0.29) is 5.56 Å². The molecule has 0 aliphatic carbocycles. The molecule has 2 N–H and O–H groups in total. The maximum absolute atomic E-state index is 11.7. The van der Waals surface area contributed by atoms with Gasteiger partial charge in [0.25, 0.3) is 5.56 Å². The fourth-order valence-corrected chi connectivity index (χ4v) is 2.31. The summed E-state index contributed by atoms with van der Waals surface area (Å²) in [6.45, 7) is 5.93. The highest BCUT2D eigenvalue weighted by Gasteiger charge is 2.05. The standard InChI is InChI=1S/C12H17N3OS/c1-3-8(2)6-13-7-10-14-9-4-5-17-11(9)12(16)15-10/h4-5,8,13H,3,6-7H2,1-2H3,(H,14,15,16). The van der Waals surface area contributed by atoms with E-state index in [4.69, 9.17) is 0 Å². The Balaban J connectivity index is 2.06. The topological polar surface area (TPSA) is 57.8 Å². The number of rotatable bonds is 5. The third-order valence-electron chi connectivity index (χ3n) is 2.85. The first-order chi connectivity index (χ1) is 8.20. The monoisotopic (exact) mass is 251 g/mol. The summed E-state index contributed by atoms with van der Waals surface area (Å²) in [7, 11) is 0. The summed E-state index contributed by atoms with van der Waals surface area (Å²) in [5, 5.41) is 5.20. The molecule has 4 nitrogen and oxygen atoms in total. The average Bonchev–Trinajstić information content (AvgIpc) is 2.77. The zero-order valence-corrected chi connectivity index (χ0v) is 10.9. The van der Waals surface area contributed by atoms with E-state index in [0.29, 0.717) is 23.0 Å². The molecule has 92 valence electrons. The number of nitrogens with one attached hydrogen (secondary N) is 2. The van der Waals surface area contributed by atoms with E-state index in [0.717, 1.165) is 18.5 Å². The van der Waals surface area contributed by atoms with Crippen molar-refractivity contribution < 1.29 is 0 Å². The Hall–Kier alpha value is -1.20. The lowest BCUT2D eigenvalue weighted by Gasteiger charge is -2.09. The number of hydrogen-bond donors (Lipinski definition) is 2. The van der Waals surface area contributed by atoms with Crippen molar-refractivity contribution in [3.63, 3.8) is 0 Å². The van der Waals surface area contributed by atoms with Crippen molar-refractivity contribution in [2.45, 2.75) is 26.8 Å². The van der Waals surface area contributed by atoms with Crippen LogP contribution in [0.5, 0.6) is 0 Å². The van der Waals surface area contributed by atoms with E-state index in [2.05, 4.69) is 29.1 Å². The minimum absolute atomic E-state index is 0.0367. The van der Waals surface area contributed by atoms with Crippen LogP contribution in [0.4, 0.5) is 0 Å². The van der Waals surface area contributed by atoms with Gasteiger partial charge in [-0.1, -0.05) is 20.3 Å². The minimum Gasteiger partial charge on any atom is -0.310 e. The fraction of sp³-hybridized carbons (Fsp3) is 0.500. The fourth-order valence-electron chi connectivity index (χ4n) is 1.59. The molecule has 0 aliphatic heterocycles. The van der Waals surface area contributed by atoms with Crippen LogP contribution < -0.4 is 10.9 Å². The molecule has 0 fully saturated rings. The highest BCUT2D eigenvalue weighted by atomic mass is 32.1. The molecule has 0 spiro atoms. The van der Waals surface area contributed by atoms with Gasteiger partial charge in [0.05, 0.1) is 12.1 Å². The molecule has 0 amide bonds. The van der Waals surface area contributed by atoms with Crippen molar-refractivity contribution in [2.75, 3.05) is 6.54 Å². The van der Waals surface area contributed by atoms with Crippen molar-refractivity contribution in [2.24, 2.45) is 5.92 Å². The number of thiophene rings is 1. The van der Waals surface area contributed by atoms with E-state index >= 15 is 0 Å². The summed E-state index contributed by atoms with van der Waals surface area (Å²) >= 11 is 1.43. The molecule has 2 heterocycles. The highest BCUT2D eigenvalue weighted by Crippen LogP contribution is 2.13. The first kappa shape index (κ1) is 12.3. The second kappa shape index (κ2) is 5.42. The molecule has 1 unspecified atom stereocenters. The van der Waals surface area contributed by atoms with E-state index in [1.807, 2.05) is 11.4 Å². The zero-order chi connectivity index (χ0) is 12.3. The predicted octanol–water partition coefficient (Wildman–Crippen LogP) is 2.12. The molecule has 5 heteroatoms. The number of nitrogens with zero attached hydrogens (tertiary/aromatic N) is 1. The number of aromatic nitrogens is 2. The third-order valence-corrected chi connectivity index (χ3v) is 3.75. The van der Waals surface area contributed by atoms with Crippen molar-refractivity contribution in [1.29, 1.82) is 0 Å². The Morgan fingerprint density at radius 1 is 1.59 bits per heavy atom. The first-order valence-electron chi connectivity index (χ1n) is 5.87. The Morgan fingerprint density at radius 3 is 3.18 bits per heavy atom. The van der Waals surface area contributed by atoms with Crippen LogP contribution in [0.2, 0.25) is 0 Å². The Bertz CT molecular complexity index is 546. The molecule has 17 heavy (non-hydrogen) atoms. The molecule has 0 aliphatic rings. The average molecular weight is 251 g/mol. The van der Waals surface area contributed by atoms with Gasteiger partial charge in [-0.2, -0.15) is 0 Å². The van der Waals surface area contributed by atoms with Gasteiger partial charge < -0.3 is 10.3 Å². The summed E-state index contributed by atoms with van der Waals surface area (Å²) in [6, 6.07) is 1.88. The number of aromatic amines is 1. The maximum Gasteiger partial charge on any atom is 0.268 e. The summed E-state index contributed by atoms with van der Waals surface area (Å²) < 4.78 is 0.704. The summed E-state index contributed by atoms with van der Waals surface area (Å²) in [4.78, 5) is 18.9. The van der Waals surface area contributed by atoms with Crippen molar-refractivity contribution in [3.8, 4) is 0 Å². The SMILES string of the molecule is CCC(C)CNCc1nc2ccsc2c(=O)[nH]1. The molecule has 0 saturated heterocycles. The van der Waals surface area contributed by atoms with Gasteiger partial charge in [0.2, 0.25) is 0 Å². The first-order valence-corrected chi connectivity index (χ1v) is 6.75. The number of H-pyrrole nitrogens is 1. The van der Waals surface area contributed by atoms with Crippen LogP contribution in [-0.4, -0.2) is 16.5 Å². The summed E-state index contributed by atoms with van der Waals surface area (Å²) in [6.07, 6.45) is 1.15. The van der Waals surface area contributed by atoms with Gasteiger partial charge in [-0.05, 0) is 23.9 Å². The van der Waals surface area contributed by atoms with Crippen LogP contribution >= 0.6 is 11.3 Å². The molecular formula is C12H17N3OS. The normalized spacial score (nSPS) is 13.1. The lowest BCUT2D eigenvalue weighted by molar-refractivity contribution is 0.494.